The Bertz CT molecular complexity index is 761. The molecule has 3 rings (SSSR count). The number of nitrogens with zero attached hydrogens (tertiary/aromatic N) is 4. The summed E-state index contributed by atoms with van der Waals surface area (Å²) in [6, 6.07) is 4.48. The van der Waals surface area contributed by atoms with Crippen LogP contribution in [0.15, 0.2) is 23.1 Å². The van der Waals surface area contributed by atoms with Gasteiger partial charge in [-0.05, 0) is 41.7 Å². The molecule has 7 nitrogen and oxygen atoms in total. The van der Waals surface area contributed by atoms with Gasteiger partial charge in [0.15, 0.2) is 0 Å². The molecule has 2 aromatic rings. The Morgan fingerprint density at radius 2 is 1.90 bits per heavy atom. The molecule has 1 aromatic heterocycles. The van der Waals surface area contributed by atoms with Crippen molar-refractivity contribution < 1.29 is 13.6 Å². The Morgan fingerprint density at radius 1 is 1.24 bits per heavy atom. The predicted octanol–water partition coefficient (Wildman–Crippen LogP) is 1.34. The van der Waals surface area contributed by atoms with Gasteiger partial charge in [-0.2, -0.15) is 4.31 Å². The van der Waals surface area contributed by atoms with Crippen LogP contribution >= 0.6 is 0 Å². The van der Waals surface area contributed by atoms with Crippen LogP contribution in [0.4, 0.5) is 0 Å². The summed E-state index contributed by atoms with van der Waals surface area (Å²) >= 11 is 0. The molecule has 21 heavy (non-hydrogen) atoms. The lowest BCUT2D eigenvalue weighted by atomic mass is 9.94. The maximum Gasteiger partial charge on any atom is 0.243 e. The van der Waals surface area contributed by atoms with Crippen LogP contribution in [0.3, 0.4) is 0 Å². The van der Waals surface area contributed by atoms with Crippen molar-refractivity contribution in [1.82, 2.24) is 19.5 Å². The van der Waals surface area contributed by atoms with E-state index in [2.05, 4.69) is 24.2 Å². The van der Waals surface area contributed by atoms with E-state index in [1.165, 1.54) is 16.4 Å². The van der Waals surface area contributed by atoms with Crippen molar-refractivity contribution in [1.29, 1.82) is 0 Å². The average molecular weight is 310 g/mol. The summed E-state index contributed by atoms with van der Waals surface area (Å²) in [6.07, 6.45) is 1.04. The minimum absolute atomic E-state index is 0.161. The summed E-state index contributed by atoms with van der Waals surface area (Å²) in [7, 11) is -3.56. The molecule has 0 amide bonds. The zero-order valence-corrected chi connectivity index (χ0v) is 12.8. The quantitative estimate of drug-likeness (QED) is 0.846. The molecule has 0 saturated carbocycles. The van der Waals surface area contributed by atoms with Crippen LogP contribution in [0.1, 0.15) is 20.3 Å². The van der Waals surface area contributed by atoms with Crippen molar-refractivity contribution in [3.63, 3.8) is 0 Å². The zero-order chi connectivity index (χ0) is 15.2. The van der Waals surface area contributed by atoms with Crippen molar-refractivity contribution >= 4 is 21.1 Å². The second kappa shape index (κ2) is 4.96. The Labute approximate surface area is 123 Å². The summed E-state index contributed by atoms with van der Waals surface area (Å²) < 4.78 is 27.0. The first-order valence-corrected chi connectivity index (χ1v) is 8.37. The maximum absolute atomic E-state index is 12.7. The Balaban J connectivity index is 2.01. The van der Waals surface area contributed by atoms with Gasteiger partial charge in [0.05, 0.1) is 4.90 Å². The van der Waals surface area contributed by atoms with Crippen molar-refractivity contribution in [2.24, 2.45) is 11.8 Å². The van der Waals surface area contributed by atoms with Crippen LogP contribution in [0.2, 0.25) is 0 Å². The van der Waals surface area contributed by atoms with Gasteiger partial charge < -0.3 is 5.21 Å². The molecule has 1 aliphatic rings. The summed E-state index contributed by atoms with van der Waals surface area (Å²) in [4.78, 5) is 0.754. The van der Waals surface area contributed by atoms with E-state index in [9.17, 15) is 13.6 Å². The van der Waals surface area contributed by atoms with E-state index in [0.717, 1.165) is 6.42 Å². The van der Waals surface area contributed by atoms with Gasteiger partial charge in [-0.3, -0.25) is 0 Å². The number of aromatic nitrogens is 3. The molecule has 1 aromatic carbocycles. The topological polar surface area (TPSA) is 88.3 Å². The van der Waals surface area contributed by atoms with E-state index in [-0.39, 0.29) is 10.4 Å². The molecular weight excluding hydrogens is 292 g/mol. The van der Waals surface area contributed by atoms with Gasteiger partial charge in [0.2, 0.25) is 10.0 Å². The third-order valence-electron chi connectivity index (χ3n) is 3.87. The first-order valence-electron chi connectivity index (χ1n) is 6.93. The Hall–Kier alpha value is -1.67. The fourth-order valence-corrected chi connectivity index (χ4v) is 4.70. The Kier molecular flexibility index (Phi) is 3.37. The molecule has 1 fully saturated rings. The fourth-order valence-electron chi connectivity index (χ4n) is 3.00. The van der Waals surface area contributed by atoms with Gasteiger partial charge in [0, 0.05) is 13.1 Å². The van der Waals surface area contributed by atoms with E-state index < -0.39 is 10.0 Å². The largest absolute Gasteiger partial charge is 0.410 e. The minimum atomic E-state index is -3.56. The van der Waals surface area contributed by atoms with Crippen LogP contribution in [0, 0.1) is 11.8 Å². The summed E-state index contributed by atoms with van der Waals surface area (Å²) in [5, 5.41) is 16.7. The standard InChI is InChI=1S/C13H18N4O3S/c1-9-5-10(2)8-16(7-9)21(19,20)11-3-4-12-13(6-11)17(18)15-14-12/h3-4,6,9-10,18H,5,7-8H2,1-2H3/t9-,10+. The van der Waals surface area contributed by atoms with Crippen molar-refractivity contribution in [2.75, 3.05) is 13.1 Å². The highest BCUT2D eigenvalue weighted by Gasteiger charge is 2.32. The van der Waals surface area contributed by atoms with Crippen LogP contribution in [0.5, 0.6) is 0 Å². The van der Waals surface area contributed by atoms with Gasteiger partial charge in [-0.1, -0.05) is 18.7 Å². The Morgan fingerprint density at radius 3 is 2.57 bits per heavy atom. The fraction of sp³-hybridized carbons (Fsp3) is 0.538. The van der Waals surface area contributed by atoms with Crippen molar-refractivity contribution in [3.05, 3.63) is 18.2 Å². The van der Waals surface area contributed by atoms with E-state index in [0.29, 0.717) is 35.3 Å². The van der Waals surface area contributed by atoms with Gasteiger partial charge in [-0.25, -0.2) is 8.42 Å². The van der Waals surface area contributed by atoms with E-state index >= 15 is 0 Å². The molecule has 0 bridgehead atoms. The molecular formula is C13H18N4O3S. The smallest absolute Gasteiger partial charge is 0.243 e. The second-order valence-corrected chi connectivity index (χ2v) is 7.84. The first kappa shape index (κ1) is 14.3. The molecule has 0 unspecified atom stereocenters. The van der Waals surface area contributed by atoms with Crippen molar-refractivity contribution in [3.8, 4) is 0 Å². The highest BCUT2D eigenvalue weighted by molar-refractivity contribution is 7.89. The zero-order valence-electron chi connectivity index (χ0n) is 12.0. The molecule has 1 N–H and O–H groups in total. The first-order chi connectivity index (χ1) is 9.88. The SMILES string of the molecule is C[C@@H]1C[C@H](C)CN(S(=O)(=O)c2ccc3nnn(O)c3c2)C1. The number of rotatable bonds is 2. The third-order valence-corrected chi connectivity index (χ3v) is 5.70. The normalized spacial score (nSPS) is 24.5. The molecule has 1 saturated heterocycles. The van der Waals surface area contributed by atoms with Crippen LogP contribution in [-0.2, 0) is 10.0 Å². The number of fused-ring (bicyclic) bond motifs is 1. The lowest BCUT2D eigenvalue weighted by Gasteiger charge is -2.34. The average Bonchev–Trinajstić information content (AvgIpc) is 2.79. The molecule has 0 spiro atoms. The van der Waals surface area contributed by atoms with E-state index in [1.807, 2.05) is 0 Å². The number of piperidine rings is 1. The van der Waals surface area contributed by atoms with Gasteiger partial charge in [0.1, 0.15) is 11.0 Å². The van der Waals surface area contributed by atoms with Crippen molar-refractivity contribution in [2.45, 2.75) is 25.2 Å². The van der Waals surface area contributed by atoms with Crippen LogP contribution in [0.25, 0.3) is 11.0 Å². The number of hydrogen-bond donors (Lipinski definition) is 1. The predicted molar refractivity (Wildman–Crippen MR) is 76.4 cm³/mol. The van der Waals surface area contributed by atoms with E-state index in [1.54, 1.807) is 6.07 Å². The molecule has 8 heteroatoms. The summed E-state index contributed by atoms with van der Waals surface area (Å²) in [6.45, 7) is 5.19. The van der Waals surface area contributed by atoms with Crippen LogP contribution < -0.4 is 0 Å². The maximum atomic E-state index is 12.7. The monoisotopic (exact) mass is 310 g/mol. The van der Waals surface area contributed by atoms with Gasteiger partial charge in [-0.15, -0.1) is 5.10 Å². The number of hydrogen-bond acceptors (Lipinski definition) is 5. The summed E-state index contributed by atoms with van der Waals surface area (Å²) in [5.74, 6) is 0.689. The molecule has 2 heterocycles. The molecule has 114 valence electrons. The highest BCUT2D eigenvalue weighted by Crippen LogP contribution is 2.27. The lowest BCUT2D eigenvalue weighted by Crippen LogP contribution is -2.42. The molecule has 1 aliphatic heterocycles. The van der Waals surface area contributed by atoms with Gasteiger partial charge >= 0.3 is 0 Å². The van der Waals surface area contributed by atoms with E-state index in [4.69, 9.17) is 0 Å². The summed E-state index contributed by atoms with van der Waals surface area (Å²) in [5.41, 5.74) is 0.742. The van der Waals surface area contributed by atoms with Crippen LogP contribution in [-0.4, -0.2) is 46.2 Å². The second-order valence-electron chi connectivity index (χ2n) is 5.90. The minimum Gasteiger partial charge on any atom is -0.410 e. The molecule has 2 atom stereocenters. The lowest BCUT2D eigenvalue weighted by molar-refractivity contribution is 0.154. The molecule has 0 aliphatic carbocycles. The molecule has 0 radical (unpaired) electrons. The van der Waals surface area contributed by atoms with Gasteiger partial charge in [0.25, 0.3) is 0 Å². The number of benzene rings is 1. The number of sulfonamides is 1. The highest BCUT2D eigenvalue weighted by atomic mass is 32.2. The third kappa shape index (κ3) is 2.49.